The fourth-order valence-corrected chi connectivity index (χ4v) is 4.21. The third-order valence-corrected chi connectivity index (χ3v) is 6.43. The van der Waals surface area contributed by atoms with Crippen molar-refractivity contribution in [2.75, 3.05) is 19.8 Å². The summed E-state index contributed by atoms with van der Waals surface area (Å²) < 4.78 is 11.0. The van der Waals surface area contributed by atoms with Crippen molar-refractivity contribution in [2.45, 2.75) is 161 Å². The molecule has 0 aliphatic carbocycles. The van der Waals surface area contributed by atoms with E-state index >= 15 is 0 Å². The molecule has 0 radical (unpaired) electrons. The fourth-order valence-electron chi connectivity index (χ4n) is 4.21. The van der Waals surface area contributed by atoms with Gasteiger partial charge in [-0.25, -0.2) is 0 Å². The van der Waals surface area contributed by atoms with E-state index in [4.69, 9.17) is 9.47 Å². The molecule has 33 heavy (non-hydrogen) atoms. The molecule has 0 amide bonds. The van der Waals surface area contributed by atoms with Gasteiger partial charge >= 0.3 is 5.97 Å². The number of ether oxygens (including phenoxy) is 2. The van der Waals surface area contributed by atoms with Crippen molar-refractivity contribution >= 4 is 5.97 Å². The van der Waals surface area contributed by atoms with E-state index in [0.717, 1.165) is 19.3 Å². The Kier molecular flexibility index (Phi) is 27.1. The van der Waals surface area contributed by atoms with Gasteiger partial charge in [-0.05, 0) is 12.8 Å². The van der Waals surface area contributed by atoms with Crippen LogP contribution in [-0.2, 0) is 14.3 Å². The molecule has 0 saturated carbocycles. The number of carbonyl (C=O) groups is 1. The van der Waals surface area contributed by atoms with Crippen LogP contribution in [0.25, 0.3) is 0 Å². The highest BCUT2D eigenvalue weighted by molar-refractivity contribution is 5.69. The molecule has 4 heteroatoms. The van der Waals surface area contributed by atoms with E-state index < -0.39 is 6.10 Å². The topological polar surface area (TPSA) is 55.8 Å². The predicted octanol–water partition coefficient (Wildman–Crippen LogP) is 8.53. The van der Waals surface area contributed by atoms with Crippen LogP contribution in [0.2, 0.25) is 0 Å². The van der Waals surface area contributed by atoms with Crippen LogP contribution in [0.1, 0.15) is 155 Å². The molecule has 0 bridgehead atoms. The van der Waals surface area contributed by atoms with Gasteiger partial charge in [0, 0.05) is 13.0 Å². The van der Waals surface area contributed by atoms with Crippen molar-refractivity contribution in [1.29, 1.82) is 0 Å². The minimum absolute atomic E-state index is 0.166. The summed E-state index contributed by atoms with van der Waals surface area (Å²) in [5, 5.41) is 9.42. The molecule has 4 nitrogen and oxygen atoms in total. The Labute approximate surface area is 206 Å². The molecule has 0 aromatic heterocycles. The molecule has 0 aliphatic rings. The maximum absolute atomic E-state index is 11.9. The Morgan fingerprint density at radius 1 is 0.606 bits per heavy atom. The van der Waals surface area contributed by atoms with E-state index in [0.29, 0.717) is 19.6 Å². The Balaban J connectivity index is 3.35. The summed E-state index contributed by atoms with van der Waals surface area (Å²) in [5.41, 5.74) is 0. The lowest BCUT2D eigenvalue weighted by Gasteiger charge is -2.15. The fraction of sp³-hybridized carbons (Fsp3) is 0.966. The maximum Gasteiger partial charge on any atom is 0.306 e. The number of rotatable bonds is 27. The highest BCUT2D eigenvalue weighted by atomic mass is 16.6. The molecule has 0 rings (SSSR count). The van der Waals surface area contributed by atoms with Gasteiger partial charge < -0.3 is 14.6 Å². The molecule has 198 valence electrons. The van der Waals surface area contributed by atoms with E-state index in [1.807, 2.05) is 0 Å². The minimum Gasteiger partial charge on any atom is -0.457 e. The van der Waals surface area contributed by atoms with Crippen LogP contribution in [0.15, 0.2) is 0 Å². The molecule has 1 unspecified atom stereocenters. The van der Waals surface area contributed by atoms with Crippen molar-refractivity contribution in [3.05, 3.63) is 0 Å². The number of esters is 1. The number of unbranched alkanes of at least 4 members (excludes halogenated alkanes) is 19. The number of aliphatic hydroxyl groups excluding tert-OH is 1. The lowest BCUT2D eigenvalue weighted by atomic mass is 10.0. The predicted molar refractivity (Wildman–Crippen MR) is 141 cm³/mol. The summed E-state index contributed by atoms with van der Waals surface area (Å²) in [7, 11) is 0. The molecule has 0 aromatic rings. The highest BCUT2D eigenvalue weighted by Gasteiger charge is 2.13. The van der Waals surface area contributed by atoms with Gasteiger partial charge in [0.1, 0.15) is 6.10 Å². The Hall–Kier alpha value is -0.610. The lowest BCUT2D eigenvalue weighted by molar-refractivity contribution is -0.154. The lowest BCUT2D eigenvalue weighted by Crippen LogP contribution is -2.27. The van der Waals surface area contributed by atoms with E-state index in [1.165, 1.54) is 116 Å². The van der Waals surface area contributed by atoms with Gasteiger partial charge in [-0.3, -0.25) is 4.79 Å². The Bertz CT molecular complexity index is 386. The monoisotopic (exact) mass is 470 g/mol. The van der Waals surface area contributed by atoms with E-state index in [9.17, 15) is 9.90 Å². The Morgan fingerprint density at radius 3 is 1.42 bits per heavy atom. The zero-order valence-corrected chi connectivity index (χ0v) is 22.4. The van der Waals surface area contributed by atoms with Crippen LogP contribution in [0, 0.1) is 0 Å². The van der Waals surface area contributed by atoms with Crippen molar-refractivity contribution < 1.29 is 19.4 Å². The standard InChI is InChI=1S/C29H58O4/c1-3-5-7-9-11-12-13-14-15-16-17-18-19-21-23-25-32-27-28(26-30)33-29(31)24-22-20-10-8-6-4-2/h28,30H,3-27H2,1-2H3. The first kappa shape index (κ1) is 32.4. The minimum atomic E-state index is -0.520. The second-order valence-corrected chi connectivity index (χ2v) is 9.84. The average Bonchev–Trinajstić information content (AvgIpc) is 2.82. The van der Waals surface area contributed by atoms with Gasteiger partial charge in [0.2, 0.25) is 0 Å². The van der Waals surface area contributed by atoms with Crippen LogP contribution in [0.4, 0.5) is 0 Å². The van der Waals surface area contributed by atoms with Crippen LogP contribution < -0.4 is 0 Å². The zero-order valence-electron chi connectivity index (χ0n) is 22.4. The normalized spacial score (nSPS) is 12.2. The first-order valence-electron chi connectivity index (χ1n) is 14.6. The molecule has 0 spiro atoms. The molecule has 1 atom stereocenters. The van der Waals surface area contributed by atoms with Gasteiger partial charge in [-0.15, -0.1) is 0 Å². The summed E-state index contributed by atoms with van der Waals surface area (Å²) in [6.07, 6.45) is 27.1. The summed E-state index contributed by atoms with van der Waals surface area (Å²) in [6, 6.07) is 0. The molecule has 0 saturated heterocycles. The second kappa shape index (κ2) is 27.6. The van der Waals surface area contributed by atoms with Crippen LogP contribution in [0.3, 0.4) is 0 Å². The second-order valence-electron chi connectivity index (χ2n) is 9.84. The number of carbonyl (C=O) groups excluding carboxylic acids is 1. The third-order valence-electron chi connectivity index (χ3n) is 6.43. The Morgan fingerprint density at radius 2 is 1.00 bits per heavy atom. The molecule has 0 aliphatic heterocycles. The van der Waals surface area contributed by atoms with Crippen molar-refractivity contribution in [3.63, 3.8) is 0 Å². The van der Waals surface area contributed by atoms with Crippen LogP contribution >= 0.6 is 0 Å². The summed E-state index contributed by atoms with van der Waals surface area (Å²) >= 11 is 0. The molecule has 0 aromatic carbocycles. The number of hydrogen-bond acceptors (Lipinski definition) is 4. The summed E-state index contributed by atoms with van der Waals surface area (Å²) in [6.45, 7) is 5.30. The van der Waals surface area contributed by atoms with Gasteiger partial charge in [0.05, 0.1) is 13.2 Å². The van der Waals surface area contributed by atoms with Gasteiger partial charge in [-0.2, -0.15) is 0 Å². The molecular formula is C29H58O4. The first-order valence-corrected chi connectivity index (χ1v) is 14.6. The smallest absolute Gasteiger partial charge is 0.306 e. The van der Waals surface area contributed by atoms with Crippen LogP contribution in [-0.4, -0.2) is 37.0 Å². The molecular weight excluding hydrogens is 412 g/mol. The number of hydrogen-bond donors (Lipinski definition) is 1. The van der Waals surface area contributed by atoms with E-state index in [1.54, 1.807) is 0 Å². The number of aliphatic hydroxyl groups is 1. The van der Waals surface area contributed by atoms with Crippen LogP contribution in [0.5, 0.6) is 0 Å². The van der Waals surface area contributed by atoms with E-state index in [2.05, 4.69) is 13.8 Å². The quantitative estimate of drug-likeness (QED) is 0.0965. The van der Waals surface area contributed by atoms with Gasteiger partial charge in [0.25, 0.3) is 0 Å². The van der Waals surface area contributed by atoms with Gasteiger partial charge in [-0.1, -0.05) is 136 Å². The largest absolute Gasteiger partial charge is 0.457 e. The zero-order chi connectivity index (χ0) is 24.2. The SMILES string of the molecule is CCCCCCCCCCCCCCCCCOCC(CO)OC(=O)CCCCCCCC. The van der Waals surface area contributed by atoms with Crippen molar-refractivity contribution in [2.24, 2.45) is 0 Å². The summed E-state index contributed by atoms with van der Waals surface area (Å²) in [5.74, 6) is -0.208. The average molecular weight is 471 g/mol. The molecule has 1 N–H and O–H groups in total. The summed E-state index contributed by atoms with van der Waals surface area (Å²) in [4.78, 5) is 11.9. The highest BCUT2D eigenvalue weighted by Crippen LogP contribution is 2.13. The van der Waals surface area contributed by atoms with Crippen molar-refractivity contribution in [3.8, 4) is 0 Å². The molecule has 0 heterocycles. The maximum atomic E-state index is 11.9. The van der Waals surface area contributed by atoms with Gasteiger partial charge in [0.15, 0.2) is 0 Å². The van der Waals surface area contributed by atoms with E-state index in [-0.39, 0.29) is 12.6 Å². The third kappa shape index (κ3) is 25.8. The molecule has 0 fully saturated rings. The first-order chi connectivity index (χ1) is 16.2. The van der Waals surface area contributed by atoms with Crippen molar-refractivity contribution in [1.82, 2.24) is 0 Å².